The lowest BCUT2D eigenvalue weighted by molar-refractivity contribution is -0.904. The molecule has 0 bridgehead atoms. The van der Waals surface area contributed by atoms with Crippen LogP contribution in [0.15, 0.2) is 0 Å². The molecular weight excluding hydrogens is 693 g/mol. The third kappa shape index (κ3) is 30.8. The highest BCUT2D eigenvalue weighted by Crippen LogP contribution is 2.52. The molecule has 316 valence electrons. The topological polar surface area (TPSA) is 140 Å². The maximum absolute atomic E-state index is 13.6. The van der Waals surface area contributed by atoms with Crippen molar-refractivity contribution in [3.05, 3.63) is 0 Å². The molecular formula is C42H85NO9P+. The molecule has 0 aromatic carbocycles. The Labute approximate surface area is 325 Å². The Morgan fingerprint density at radius 3 is 1.36 bits per heavy atom. The van der Waals surface area contributed by atoms with Crippen LogP contribution >= 0.6 is 7.60 Å². The molecule has 11 heteroatoms. The summed E-state index contributed by atoms with van der Waals surface area (Å²) >= 11 is 0. The zero-order chi connectivity index (χ0) is 39.6. The number of esters is 2. The van der Waals surface area contributed by atoms with Gasteiger partial charge in [0.15, 0.2) is 18.2 Å². The fourth-order valence-corrected chi connectivity index (χ4v) is 8.92. The fraction of sp³-hybridized carbons (Fsp3) is 0.952. The minimum absolute atomic E-state index is 0.0433. The van der Waals surface area contributed by atoms with Crippen molar-refractivity contribution >= 4 is 19.5 Å². The summed E-state index contributed by atoms with van der Waals surface area (Å²) in [6.07, 6.45) is 27.8. The second-order valence-electron chi connectivity index (χ2n) is 16.0. The SMILES string of the molecule is CCCCCCCCCCCCCCCCCC(=O)OC[C@H](COP(=O)(O)C(CCC)[N+](C)(C)CCC(O)O)OC(=O)CCCCCCCCCCC. The van der Waals surface area contributed by atoms with Crippen molar-refractivity contribution in [2.75, 3.05) is 33.9 Å². The molecule has 0 aliphatic heterocycles. The molecule has 0 amide bonds. The number of quaternary nitrogens is 1. The summed E-state index contributed by atoms with van der Waals surface area (Å²) < 4.78 is 30.4. The fourth-order valence-electron chi connectivity index (χ4n) is 6.88. The predicted molar refractivity (Wildman–Crippen MR) is 217 cm³/mol. The van der Waals surface area contributed by atoms with Gasteiger partial charge in [-0.15, -0.1) is 0 Å². The minimum Gasteiger partial charge on any atom is -0.462 e. The molecule has 0 saturated carbocycles. The summed E-state index contributed by atoms with van der Waals surface area (Å²) in [5.41, 5.74) is 0. The van der Waals surface area contributed by atoms with E-state index in [-0.39, 0.29) is 49.5 Å². The zero-order valence-corrected chi connectivity index (χ0v) is 35.9. The van der Waals surface area contributed by atoms with E-state index in [1.165, 1.54) is 109 Å². The van der Waals surface area contributed by atoms with E-state index in [4.69, 9.17) is 14.0 Å². The summed E-state index contributed by atoms with van der Waals surface area (Å²) in [4.78, 5) is 36.5. The lowest BCUT2D eigenvalue weighted by atomic mass is 10.0. The van der Waals surface area contributed by atoms with Crippen LogP contribution in [-0.4, -0.2) is 83.6 Å². The Bertz CT molecular complexity index is 917. The molecule has 2 unspecified atom stereocenters. The third-order valence-electron chi connectivity index (χ3n) is 10.3. The lowest BCUT2D eigenvalue weighted by Gasteiger charge is -2.39. The number of ether oxygens (including phenoxy) is 2. The summed E-state index contributed by atoms with van der Waals surface area (Å²) in [5, 5.41) is 18.8. The van der Waals surface area contributed by atoms with Crippen LogP contribution in [0.4, 0.5) is 0 Å². The van der Waals surface area contributed by atoms with E-state index in [9.17, 15) is 29.3 Å². The van der Waals surface area contributed by atoms with Crippen molar-refractivity contribution in [1.82, 2.24) is 0 Å². The summed E-state index contributed by atoms with van der Waals surface area (Å²) in [6, 6.07) is 0. The molecule has 0 spiro atoms. The molecule has 0 aromatic heterocycles. The normalized spacial score (nSPS) is 14.3. The number of aliphatic hydroxyl groups is 2. The number of hydrogen-bond acceptors (Lipinski definition) is 8. The van der Waals surface area contributed by atoms with Gasteiger partial charge in [0.2, 0.25) is 0 Å². The molecule has 3 N–H and O–H groups in total. The van der Waals surface area contributed by atoms with Crippen LogP contribution in [0.3, 0.4) is 0 Å². The average Bonchev–Trinajstić information content (AvgIpc) is 3.11. The average molecular weight is 779 g/mol. The van der Waals surface area contributed by atoms with Gasteiger partial charge in [0.1, 0.15) is 6.61 Å². The highest BCUT2D eigenvalue weighted by atomic mass is 31.2. The van der Waals surface area contributed by atoms with Crippen LogP contribution in [0.5, 0.6) is 0 Å². The van der Waals surface area contributed by atoms with E-state index >= 15 is 0 Å². The number of carbonyl (C=O) groups excluding carboxylic acids is 2. The highest BCUT2D eigenvalue weighted by molar-refractivity contribution is 7.53. The van der Waals surface area contributed by atoms with Crippen molar-refractivity contribution < 1.29 is 47.7 Å². The van der Waals surface area contributed by atoms with Gasteiger partial charge in [-0.3, -0.25) is 14.2 Å². The number of rotatable bonds is 39. The van der Waals surface area contributed by atoms with E-state index in [0.717, 1.165) is 38.5 Å². The van der Waals surface area contributed by atoms with Gasteiger partial charge in [-0.1, -0.05) is 162 Å². The van der Waals surface area contributed by atoms with Crippen LogP contribution in [0.1, 0.15) is 207 Å². The molecule has 0 aliphatic carbocycles. The highest BCUT2D eigenvalue weighted by Gasteiger charge is 2.44. The number of hydrogen-bond donors (Lipinski definition) is 3. The van der Waals surface area contributed by atoms with Gasteiger partial charge in [-0.25, -0.2) is 0 Å². The molecule has 0 saturated heterocycles. The molecule has 0 aliphatic rings. The van der Waals surface area contributed by atoms with Crippen molar-refractivity contribution in [1.29, 1.82) is 0 Å². The molecule has 0 rings (SSSR count). The van der Waals surface area contributed by atoms with Crippen molar-refractivity contribution in [3.63, 3.8) is 0 Å². The monoisotopic (exact) mass is 779 g/mol. The van der Waals surface area contributed by atoms with Crippen LogP contribution < -0.4 is 0 Å². The smallest absolute Gasteiger partial charge is 0.385 e. The molecule has 0 aromatic rings. The van der Waals surface area contributed by atoms with Gasteiger partial charge in [0.05, 0.1) is 27.2 Å². The Kier molecular flexibility index (Phi) is 33.6. The van der Waals surface area contributed by atoms with E-state index in [2.05, 4.69) is 13.8 Å². The zero-order valence-electron chi connectivity index (χ0n) is 35.0. The number of unbranched alkanes of at least 4 members (excludes halogenated alkanes) is 22. The van der Waals surface area contributed by atoms with Gasteiger partial charge >= 0.3 is 19.5 Å². The minimum atomic E-state index is -4.26. The largest absolute Gasteiger partial charge is 0.462 e. The van der Waals surface area contributed by atoms with Crippen molar-refractivity contribution in [2.45, 2.75) is 225 Å². The van der Waals surface area contributed by atoms with Crippen LogP contribution in [0.25, 0.3) is 0 Å². The van der Waals surface area contributed by atoms with E-state index in [1.54, 1.807) is 14.1 Å². The first kappa shape index (κ1) is 52.0. The maximum Gasteiger partial charge on any atom is 0.385 e. The Morgan fingerprint density at radius 1 is 0.566 bits per heavy atom. The Hall–Kier alpha value is -1.03. The summed E-state index contributed by atoms with van der Waals surface area (Å²) in [5.74, 6) is -1.64. The summed E-state index contributed by atoms with van der Waals surface area (Å²) in [7, 11) is -0.736. The summed E-state index contributed by atoms with van der Waals surface area (Å²) in [6.45, 7) is 6.00. The van der Waals surface area contributed by atoms with Gasteiger partial charge in [0.25, 0.3) is 0 Å². The quantitative estimate of drug-likeness (QED) is 0.0183. The van der Waals surface area contributed by atoms with Crippen LogP contribution in [-0.2, 0) is 28.2 Å². The first-order valence-electron chi connectivity index (χ1n) is 21.9. The van der Waals surface area contributed by atoms with Crippen molar-refractivity contribution in [3.8, 4) is 0 Å². The number of carbonyl (C=O) groups is 2. The predicted octanol–water partition coefficient (Wildman–Crippen LogP) is 10.7. The Morgan fingerprint density at radius 2 is 0.962 bits per heavy atom. The number of nitrogens with zero attached hydrogens (tertiary/aromatic N) is 1. The second-order valence-corrected chi connectivity index (χ2v) is 18.0. The third-order valence-corrected chi connectivity index (χ3v) is 12.5. The first-order valence-corrected chi connectivity index (χ1v) is 23.5. The Balaban J connectivity index is 4.80. The molecule has 3 atom stereocenters. The first-order chi connectivity index (χ1) is 25.4. The van der Waals surface area contributed by atoms with Crippen LogP contribution in [0, 0.1) is 0 Å². The van der Waals surface area contributed by atoms with Gasteiger partial charge in [0, 0.05) is 25.7 Å². The van der Waals surface area contributed by atoms with Crippen LogP contribution in [0.2, 0.25) is 0 Å². The maximum atomic E-state index is 13.6. The molecule has 0 heterocycles. The standard InChI is InChI=1S/C42H84NO9P/c1-6-9-11-13-15-17-18-19-20-21-22-24-25-27-29-32-41(46)50-36-38(52-42(47)33-30-28-26-23-16-14-12-10-7-2)37-51-53(48,49)39(31-8-3)43(4,5)35-34-40(44)45/h38-40,44-45H,6-37H2,1-5H3/p+1/t38-,39?/m1/s1. The second kappa shape index (κ2) is 34.2. The molecule has 10 nitrogen and oxygen atoms in total. The van der Waals surface area contributed by atoms with Gasteiger partial charge in [-0.2, -0.15) is 0 Å². The van der Waals surface area contributed by atoms with Crippen molar-refractivity contribution in [2.24, 2.45) is 0 Å². The van der Waals surface area contributed by atoms with Gasteiger partial charge < -0.3 is 33.6 Å². The lowest BCUT2D eigenvalue weighted by Crippen LogP contribution is -2.50. The molecule has 0 radical (unpaired) electrons. The molecule has 0 fully saturated rings. The van der Waals surface area contributed by atoms with Gasteiger partial charge in [-0.05, 0) is 19.3 Å². The van der Waals surface area contributed by atoms with E-state index in [0.29, 0.717) is 19.3 Å². The van der Waals surface area contributed by atoms with E-state index in [1.807, 2.05) is 6.92 Å². The number of aliphatic hydroxyl groups excluding tert-OH is 1. The van der Waals surface area contributed by atoms with E-state index < -0.39 is 31.7 Å². The molecule has 53 heavy (non-hydrogen) atoms.